The van der Waals surface area contributed by atoms with Gasteiger partial charge in [0.2, 0.25) is 0 Å². The van der Waals surface area contributed by atoms with Crippen LogP contribution < -0.4 is 9.64 Å². The molecule has 1 aliphatic rings. The summed E-state index contributed by atoms with van der Waals surface area (Å²) in [7, 11) is 0. The smallest absolute Gasteiger partial charge is 0.263 e. The molecule has 1 unspecified atom stereocenters. The first kappa shape index (κ1) is 17.7. The van der Waals surface area contributed by atoms with Crippen LogP contribution in [-0.4, -0.2) is 48.1 Å². The monoisotopic (exact) mass is 359 g/mol. The van der Waals surface area contributed by atoms with Crippen LogP contribution >= 0.6 is 11.3 Å². The summed E-state index contributed by atoms with van der Waals surface area (Å²) in [6, 6.07) is 8.00. The third kappa shape index (κ3) is 4.31. The minimum Gasteiger partial charge on any atom is -0.481 e. The Morgan fingerprint density at radius 2 is 1.96 bits per heavy atom. The van der Waals surface area contributed by atoms with E-state index in [4.69, 9.17) is 4.74 Å². The van der Waals surface area contributed by atoms with Gasteiger partial charge >= 0.3 is 0 Å². The highest BCUT2D eigenvalue weighted by Crippen LogP contribution is 2.22. The van der Waals surface area contributed by atoms with Crippen molar-refractivity contribution in [2.24, 2.45) is 0 Å². The third-order valence-corrected chi connectivity index (χ3v) is 5.30. The molecule has 0 saturated carbocycles. The lowest BCUT2D eigenvalue weighted by molar-refractivity contribution is -0.138. The van der Waals surface area contributed by atoms with E-state index in [1.54, 1.807) is 11.3 Å². The molecule has 25 heavy (non-hydrogen) atoms. The Morgan fingerprint density at radius 3 is 2.60 bits per heavy atom. The molecule has 1 amide bonds. The summed E-state index contributed by atoms with van der Waals surface area (Å²) >= 11 is 1.64. The normalized spacial score (nSPS) is 16.2. The number of hydrogen-bond donors (Lipinski definition) is 0. The van der Waals surface area contributed by atoms with E-state index in [2.05, 4.69) is 29.8 Å². The molecule has 0 bridgehead atoms. The number of amides is 1. The number of ether oxygens (including phenoxy) is 1. The van der Waals surface area contributed by atoms with Crippen molar-refractivity contribution in [1.82, 2.24) is 9.88 Å². The van der Waals surface area contributed by atoms with Gasteiger partial charge in [-0.1, -0.05) is 26.0 Å². The van der Waals surface area contributed by atoms with Crippen LogP contribution in [-0.2, 0) is 4.79 Å². The lowest BCUT2D eigenvalue weighted by atomic mass is 10.0. The van der Waals surface area contributed by atoms with Crippen LogP contribution in [0, 0.1) is 0 Å². The van der Waals surface area contributed by atoms with E-state index >= 15 is 0 Å². The Hall–Kier alpha value is -2.08. The van der Waals surface area contributed by atoms with E-state index < -0.39 is 6.10 Å². The first-order valence-corrected chi connectivity index (χ1v) is 9.62. The molecular weight excluding hydrogens is 334 g/mol. The first-order valence-electron chi connectivity index (χ1n) is 8.74. The number of aromatic nitrogens is 1. The maximum absolute atomic E-state index is 12.7. The lowest BCUT2D eigenvalue weighted by Crippen LogP contribution is -2.52. The number of rotatable bonds is 5. The summed E-state index contributed by atoms with van der Waals surface area (Å²) in [5, 5.41) is 3.01. The van der Waals surface area contributed by atoms with Gasteiger partial charge in [0.25, 0.3) is 5.91 Å². The fourth-order valence-electron chi connectivity index (χ4n) is 2.95. The van der Waals surface area contributed by atoms with E-state index in [0.717, 1.165) is 24.0 Å². The molecule has 1 aromatic carbocycles. The molecule has 1 fully saturated rings. The van der Waals surface area contributed by atoms with Crippen molar-refractivity contribution in [3.05, 3.63) is 41.4 Å². The topological polar surface area (TPSA) is 45.7 Å². The van der Waals surface area contributed by atoms with E-state index in [1.165, 1.54) is 5.56 Å². The molecule has 1 aliphatic heterocycles. The second-order valence-corrected chi connectivity index (χ2v) is 7.49. The van der Waals surface area contributed by atoms with Gasteiger partial charge in [0.1, 0.15) is 5.75 Å². The van der Waals surface area contributed by atoms with Crippen LogP contribution in [0.2, 0.25) is 0 Å². The Kier molecular flexibility index (Phi) is 5.58. The molecule has 2 heterocycles. The summed E-state index contributed by atoms with van der Waals surface area (Å²) < 4.78 is 5.90. The number of carbonyl (C=O) groups excluding carboxylic acids is 1. The maximum atomic E-state index is 12.7. The van der Waals surface area contributed by atoms with Gasteiger partial charge < -0.3 is 14.5 Å². The number of piperazine rings is 1. The van der Waals surface area contributed by atoms with Crippen molar-refractivity contribution < 1.29 is 9.53 Å². The first-order chi connectivity index (χ1) is 12.0. The van der Waals surface area contributed by atoms with Crippen molar-refractivity contribution in [3.8, 4) is 5.75 Å². The number of thiazole rings is 1. The second kappa shape index (κ2) is 7.87. The molecule has 0 spiro atoms. The zero-order valence-electron chi connectivity index (χ0n) is 15.0. The van der Waals surface area contributed by atoms with E-state index in [9.17, 15) is 4.79 Å². The van der Waals surface area contributed by atoms with Gasteiger partial charge in [-0.15, -0.1) is 11.3 Å². The van der Waals surface area contributed by atoms with Gasteiger partial charge in [-0.3, -0.25) is 4.79 Å². The van der Waals surface area contributed by atoms with Crippen LogP contribution in [0.4, 0.5) is 5.13 Å². The molecule has 134 valence electrons. The number of nitrogens with zero attached hydrogens (tertiary/aromatic N) is 3. The average Bonchev–Trinajstić information content (AvgIpc) is 3.16. The summed E-state index contributed by atoms with van der Waals surface area (Å²) in [6.07, 6.45) is 1.34. The minimum absolute atomic E-state index is 0.0498. The number of anilines is 1. The van der Waals surface area contributed by atoms with Crippen molar-refractivity contribution in [2.45, 2.75) is 32.8 Å². The van der Waals surface area contributed by atoms with Crippen LogP contribution in [0.25, 0.3) is 0 Å². The Bertz CT molecular complexity index is 694. The number of carbonyl (C=O) groups is 1. The van der Waals surface area contributed by atoms with Crippen molar-refractivity contribution in [3.63, 3.8) is 0 Å². The summed E-state index contributed by atoms with van der Waals surface area (Å²) in [5.41, 5.74) is 1.22. The van der Waals surface area contributed by atoms with Gasteiger partial charge in [0.15, 0.2) is 11.2 Å². The second-order valence-electron chi connectivity index (χ2n) is 6.61. The highest BCUT2D eigenvalue weighted by Gasteiger charge is 2.26. The Morgan fingerprint density at radius 1 is 1.20 bits per heavy atom. The number of hydrogen-bond acceptors (Lipinski definition) is 5. The molecule has 0 N–H and O–H groups in total. The predicted octanol–water partition coefficient (Wildman–Crippen LogP) is 3.38. The average molecular weight is 359 g/mol. The van der Waals surface area contributed by atoms with Crippen LogP contribution in [0.3, 0.4) is 0 Å². The van der Waals surface area contributed by atoms with Crippen LogP contribution in [0.5, 0.6) is 5.75 Å². The fourth-order valence-corrected chi connectivity index (χ4v) is 3.65. The molecule has 1 atom stereocenters. The van der Waals surface area contributed by atoms with Crippen molar-refractivity contribution in [1.29, 1.82) is 0 Å². The molecule has 1 aromatic heterocycles. The maximum Gasteiger partial charge on any atom is 0.263 e. The SMILES string of the molecule is CC(Oc1cccc(C(C)C)c1)C(=O)N1CCN(c2nccs2)CC1. The molecule has 2 aromatic rings. The highest BCUT2D eigenvalue weighted by molar-refractivity contribution is 7.13. The molecule has 0 radical (unpaired) electrons. The van der Waals surface area contributed by atoms with E-state index in [0.29, 0.717) is 19.0 Å². The third-order valence-electron chi connectivity index (χ3n) is 4.47. The van der Waals surface area contributed by atoms with Crippen molar-refractivity contribution >= 4 is 22.4 Å². The van der Waals surface area contributed by atoms with Gasteiger partial charge in [-0.2, -0.15) is 0 Å². The number of benzene rings is 1. The van der Waals surface area contributed by atoms with E-state index in [-0.39, 0.29) is 5.91 Å². The van der Waals surface area contributed by atoms with E-state index in [1.807, 2.05) is 41.6 Å². The lowest BCUT2D eigenvalue weighted by Gasteiger charge is -2.35. The highest BCUT2D eigenvalue weighted by atomic mass is 32.1. The zero-order chi connectivity index (χ0) is 17.8. The van der Waals surface area contributed by atoms with Crippen LogP contribution in [0.15, 0.2) is 35.8 Å². The van der Waals surface area contributed by atoms with Crippen molar-refractivity contribution in [2.75, 3.05) is 31.1 Å². The molecule has 3 rings (SSSR count). The van der Waals surface area contributed by atoms with Gasteiger partial charge in [0.05, 0.1) is 0 Å². The zero-order valence-corrected chi connectivity index (χ0v) is 15.8. The van der Waals surface area contributed by atoms with Gasteiger partial charge in [0, 0.05) is 37.8 Å². The molecule has 1 saturated heterocycles. The summed E-state index contributed by atoms with van der Waals surface area (Å²) in [4.78, 5) is 21.1. The fraction of sp³-hybridized carbons (Fsp3) is 0.474. The van der Waals surface area contributed by atoms with Crippen LogP contribution in [0.1, 0.15) is 32.3 Å². The molecular formula is C19H25N3O2S. The quantitative estimate of drug-likeness (QED) is 0.821. The standard InChI is InChI=1S/C19H25N3O2S/c1-14(2)16-5-4-6-17(13-16)24-15(3)18(23)21-8-10-22(11-9-21)19-20-7-12-25-19/h4-7,12-15H,8-11H2,1-3H3. The summed E-state index contributed by atoms with van der Waals surface area (Å²) in [6.45, 7) is 9.17. The van der Waals surface area contributed by atoms with Gasteiger partial charge in [-0.25, -0.2) is 4.98 Å². The van der Waals surface area contributed by atoms with Gasteiger partial charge in [-0.05, 0) is 30.5 Å². The Balaban J connectivity index is 1.55. The molecule has 6 heteroatoms. The molecule has 0 aliphatic carbocycles. The minimum atomic E-state index is -0.478. The predicted molar refractivity (Wildman–Crippen MR) is 102 cm³/mol. The molecule has 5 nitrogen and oxygen atoms in total. The largest absolute Gasteiger partial charge is 0.481 e. The Labute approximate surface area is 153 Å². The summed E-state index contributed by atoms with van der Waals surface area (Å²) in [5.74, 6) is 1.25.